The van der Waals surface area contributed by atoms with Gasteiger partial charge in [-0.05, 0) is 42.6 Å². The highest BCUT2D eigenvalue weighted by atomic mass is 32.1. The Kier molecular flexibility index (Phi) is 6.04. The number of aromatic nitrogens is 1. The SMILES string of the molecule is Cc1nc(COc2ccc(C(=O)N3CC[NH+](Cc4cccs4)CC3)cc2)cs1. The van der Waals surface area contributed by atoms with E-state index in [9.17, 15) is 4.79 Å². The number of nitrogens with one attached hydrogen (secondary N) is 1. The third-order valence-corrected chi connectivity index (χ3v) is 6.62. The molecule has 3 aromatic rings. The van der Waals surface area contributed by atoms with Crippen molar-refractivity contribution in [3.05, 3.63) is 68.3 Å². The Balaban J connectivity index is 1.27. The lowest BCUT2D eigenvalue weighted by atomic mass is 10.1. The summed E-state index contributed by atoms with van der Waals surface area (Å²) in [7, 11) is 0. The first-order valence-corrected chi connectivity index (χ1v) is 11.2. The fraction of sp³-hybridized carbons (Fsp3) is 0.333. The molecular formula is C21H24N3O2S2+. The number of aryl methyl sites for hydroxylation is 1. The van der Waals surface area contributed by atoms with Gasteiger partial charge in [-0.2, -0.15) is 0 Å². The van der Waals surface area contributed by atoms with Crippen LogP contribution in [0.3, 0.4) is 0 Å². The van der Waals surface area contributed by atoms with Gasteiger partial charge < -0.3 is 14.5 Å². The van der Waals surface area contributed by atoms with Crippen LogP contribution in [0, 0.1) is 6.92 Å². The fourth-order valence-electron chi connectivity index (χ4n) is 3.37. The van der Waals surface area contributed by atoms with Crippen molar-refractivity contribution in [2.45, 2.75) is 20.1 Å². The number of hydrogen-bond acceptors (Lipinski definition) is 5. The van der Waals surface area contributed by atoms with E-state index in [-0.39, 0.29) is 5.91 Å². The number of ether oxygens (including phenoxy) is 1. The van der Waals surface area contributed by atoms with Gasteiger partial charge in [0.05, 0.1) is 41.8 Å². The second-order valence-corrected chi connectivity index (χ2v) is 9.06. The van der Waals surface area contributed by atoms with Crippen LogP contribution < -0.4 is 9.64 Å². The summed E-state index contributed by atoms with van der Waals surface area (Å²) < 4.78 is 5.77. The summed E-state index contributed by atoms with van der Waals surface area (Å²) >= 11 is 3.43. The minimum atomic E-state index is 0.108. The lowest BCUT2D eigenvalue weighted by Gasteiger charge is -2.32. The molecule has 4 rings (SSSR count). The molecule has 0 unspecified atom stereocenters. The Morgan fingerprint density at radius 2 is 1.96 bits per heavy atom. The molecule has 2 aromatic heterocycles. The van der Waals surface area contributed by atoms with Crippen LogP contribution in [0.2, 0.25) is 0 Å². The number of hydrogen-bond donors (Lipinski definition) is 1. The van der Waals surface area contributed by atoms with Crippen molar-refractivity contribution < 1.29 is 14.4 Å². The minimum Gasteiger partial charge on any atom is -0.487 e. The predicted octanol–water partition coefficient (Wildman–Crippen LogP) is 2.63. The van der Waals surface area contributed by atoms with Gasteiger partial charge in [0.1, 0.15) is 18.9 Å². The maximum Gasteiger partial charge on any atom is 0.254 e. The minimum absolute atomic E-state index is 0.108. The molecular weight excluding hydrogens is 390 g/mol. The maximum absolute atomic E-state index is 12.8. The van der Waals surface area contributed by atoms with Gasteiger partial charge in [-0.1, -0.05) is 6.07 Å². The molecule has 146 valence electrons. The van der Waals surface area contributed by atoms with E-state index in [0.717, 1.165) is 54.7 Å². The summed E-state index contributed by atoms with van der Waals surface area (Å²) in [6.45, 7) is 7.10. The maximum atomic E-state index is 12.8. The zero-order chi connectivity index (χ0) is 19.3. The second kappa shape index (κ2) is 8.86. The third kappa shape index (κ3) is 4.79. The van der Waals surface area contributed by atoms with E-state index in [0.29, 0.717) is 6.61 Å². The van der Waals surface area contributed by atoms with Crippen LogP contribution in [0.25, 0.3) is 0 Å². The van der Waals surface area contributed by atoms with Gasteiger partial charge in [0.25, 0.3) is 5.91 Å². The van der Waals surface area contributed by atoms with Crippen molar-refractivity contribution in [1.29, 1.82) is 0 Å². The number of rotatable bonds is 6. The second-order valence-electron chi connectivity index (χ2n) is 6.97. The first kappa shape index (κ1) is 19.1. The third-order valence-electron chi connectivity index (χ3n) is 4.92. The highest BCUT2D eigenvalue weighted by molar-refractivity contribution is 7.10. The van der Waals surface area contributed by atoms with Crippen molar-refractivity contribution in [1.82, 2.24) is 9.88 Å². The average Bonchev–Trinajstić information content (AvgIpc) is 3.38. The molecule has 0 spiro atoms. The topological polar surface area (TPSA) is 46.9 Å². The standard InChI is InChI=1S/C21H23N3O2S2/c1-16-22-18(15-28-16)14-26-19-6-4-17(5-7-19)21(25)24-10-8-23(9-11-24)13-20-3-2-12-27-20/h2-7,12,15H,8-11,13-14H2,1H3/p+1. The monoisotopic (exact) mass is 414 g/mol. The van der Waals surface area contributed by atoms with E-state index in [1.807, 2.05) is 52.8 Å². The Morgan fingerprint density at radius 1 is 1.18 bits per heavy atom. The zero-order valence-electron chi connectivity index (χ0n) is 15.9. The smallest absolute Gasteiger partial charge is 0.254 e. The molecule has 1 fully saturated rings. The Labute approximate surface area is 173 Å². The molecule has 1 aromatic carbocycles. The predicted molar refractivity (Wildman–Crippen MR) is 112 cm³/mol. The molecule has 1 amide bonds. The van der Waals surface area contributed by atoms with Crippen LogP contribution in [0.1, 0.15) is 25.9 Å². The molecule has 1 saturated heterocycles. The van der Waals surface area contributed by atoms with Crippen LogP contribution in [-0.2, 0) is 13.2 Å². The summed E-state index contributed by atoms with van der Waals surface area (Å²) in [6.07, 6.45) is 0. The highest BCUT2D eigenvalue weighted by Crippen LogP contribution is 2.16. The molecule has 0 saturated carbocycles. The Hall–Kier alpha value is -2.22. The van der Waals surface area contributed by atoms with Gasteiger partial charge >= 0.3 is 0 Å². The van der Waals surface area contributed by atoms with Gasteiger partial charge in [0.15, 0.2) is 0 Å². The number of thiophene rings is 1. The molecule has 1 aliphatic rings. The van der Waals surface area contributed by atoms with E-state index in [2.05, 4.69) is 22.5 Å². The van der Waals surface area contributed by atoms with Crippen molar-refractivity contribution in [3.8, 4) is 5.75 Å². The zero-order valence-corrected chi connectivity index (χ0v) is 17.5. The summed E-state index contributed by atoms with van der Waals surface area (Å²) in [5, 5.41) is 5.17. The van der Waals surface area contributed by atoms with Crippen molar-refractivity contribution in [2.75, 3.05) is 26.2 Å². The highest BCUT2D eigenvalue weighted by Gasteiger charge is 2.24. The number of carbonyl (C=O) groups excluding carboxylic acids is 1. The normalized spacial score (nSPS) is 15.0. The van der Waals surface area contributed by atoms with Crippen LogP contribution in [0.5, 0.6) is 5.75 Å². The van der Waals surface area contributed by atoms with Gasteiger partial charge in [0.2, 0.25) is 0 Å². The fourth-order valence-corrected chi connectivity index (χ4v) is 4.74. The lowest BCUT2D eigenvalue weighted by molar-refractivity contribution is -0.917. The molecule has 0 atom stereocenters. The van der Waals surface area contributed by atoms with Crippen molar-refractivity contribution in [3.63, 3.8) is 0 Å². The first-order valence-electron chi connectivity index (χ1n) is 9.46. The van der Waals surface area contributed by atoms with Crippen LogP contribution in [-0.4, -0.2) is 42.0 Å². The molecule has 7 heteroatoms. The largest absolute Gasteiger partial charge is 0.487 e. The molecule has 0 bridgehead atoms. The molecule has 28 heavy (non-hydrogen) atoms. The number of thiazole rings is 1. The van der Waals surface area contributed by atoms with E-state index >= 15 is 0 Å². The summed E-state index contributed by atoms with van der Waals surface area (Å²) in [6, 6.07) is 11.7. The van der Waals surface area contributed by atoms with Gasteiger partial charge in [-0.3, -0.25) is 4.79 Å². The molecule has 1 aliphatic heterocycles. The van der Waals surface area contributed by atoms with E-state index in [4.69, 9.17) is 4.74 Å². The molecule has 3 heterocycles. The van der Waals surface area contributed by atoms with E-state index in [1.54, 1.807) is 16.2 Å². The van der Waals surface area contributed by atoms with Crippen LogP contribution >= 0.6 is 22.7 Å². The van der Waals surface area contributed by atoms with Gasteiger partial charge in [0, 0.05) is 10.9 Å². The van der Waals surface area contributed by atoms with Crippen molar-refractivity contribution >= 4 is 28.6 Å². The van der Waals surface area contributed by atoms with Crippen molar-refractivity contribution in [2.24, 2.45) is 0 Å². The Bertz CT molecular complexity index is 898. The number of quaternary nitrogens is 1. The number of carbonyl (C=O) groups is 1. The number of amides is 1. The number of piperazine rings is 1. The van der Waals surface area contributed by atoms with Gasteiger partial charge in [-0.25, -0.2) is 4.98 Å². The number of benzene rings is 1. The molecule has 5 nitrogen and oxygen atoms in total. The van der Waals surface area contributed by atoms with E-state index in [1.165, 1.54) is 4.88 Å². The summed E-state index contributed by atoms with van der Waals surface area (Å²) in [4.78, 5) is 22.1. The van der Waals surface area contributed by atoms with Crippen LogP contribution in [0.15, 0.2) is 47.2 Å². The molecule has 0 radical (unpaired) electrons. The molecule has 0 aliphatic carbocycles. The van der Waals surface area contributed by atoms with Gasteiger partial charge in [-0.15, -0.1) is 22.7 Å². The van der Waals surface area contributed by atoms with E-state index < -0.39 is 0 Å². The lowest BCUT2D eigenvalue weighted by Crippen LogP contribution is -3.13. The average molecular weight is 415 g/mol. The quantitative estimate of drug-likeness (QED) is 0.675. The summed E-state index contributed by atoms with van der Waals surface area (Å²) in [5.74, 6) is 0.865. The Morgan fingerprint density at radius 3 is 2.61 bits per heavy atom. The number of nitrogens with zero attached hydrogens (tertiary/aromatic N) is 2. The summed E-state index contributed by atoms with van der Waals surface area (Å²) in [5.41, 5.74) is 1.66. The molecule has 1 N–H and O–H groups in total. The van der Waals surface area contributed by atoms with Crippen LogP contribution in [0.4, 0.5) is 0 Å². The first-order chi connectivity index (χ1) is 13.7.